The number of fused-ring (bicyclic) bond motifs is 2. The van der Waals surface area contributed by atoms with Crippen molar-refractivity contribution in [1.29, 1.82) is 0 Å². The molecule has 36 heavy (non-hydrogen) atoms. The van der Waals surface area contributed by atoms with Gasteiger partial charge in [-0.25, -0.2) is 0 Å². The van der Waals surface area contributed by atoms with Crippen molar-refractivity contribution in [3.8, 4) is 0 Å². The van der Waals surface area contributed by atoms with Gasteiger partial charge in [-0.15, -0.1) is 0 Å². The summed E-state index contributed by atoms with van der Waals surface area (Å²) in [6.45, 7) is 0.148. The van der Waals surface area contributed by atoms with Crippen molar-refractivity contribution in [1.82, 2.24) is 20.4 Å². The second-order valence-electron chi connectivity index (χ2n) is 8.46. The van der Waals surface area contributed by atoms with E-state index in [-0.39, 0.29) is 17.5 Å². The largest absolute Gasteiger partial charge is 0.405 e. The lowest BCUT2D eigenvalue weighted by Gasteiger charge is -2.26. The first-order valence-electron chi connectivity index (χ1n) is 11.2. The Kier molecular flexibility index (Phi) is 7.21. The van der Waals surface area contributed by atoms with Crippen LogP contribution in [0.5, 0.6) is 0 Å². The number of rotatable bonds is 8. The lowest BCUT2D eigenvalue weighted by molar-refractivity contribution is -0.138. The minimum atomic E-state index is -4.57. The maximum absolute atomic E-state index is 13.4. The van der Waals surface area contributed by atoms with Crippen LogP contribution in [0.2, 0.25) is 5.02 Å². The molecule has 12 heteroatoms. The highest BCUT2D eigenvalue weighted by Gasteiger charge is 2.41. The summed E-state index contributed by atoms with van der Waals surface area (Å²) in [6, 6.07) is 9.88. The number of aromatic amines is 1. The maximum Gasteiger partial charge on any atom is 0.405 e. The summed E-state index contributed by atoms with van der Waals surface area (Å²) in [5, 5.41) is 9.60. The lowest BCUT2D eigenvalue weighted by atomic mass is 9.99. The molecule has 0 saturated carbocycles. The smallest absolute Gasteiger partial charge is 0.345 e. The molecule has 3 aromatic rings. The molecular formula is C24H23ClF3N5O3. The van der Waals surface area contributed by atoms with Crippen molar-refractivity contribution in [2.75, 3.05) is 31.1 Å². The van der Waals surface area contributed by atoms with E-state index in [9.17, 15) is 27.6 Å². The van der Waals surface area contributed by atoms with Gasteiger partial charge in [0.05, 0.1) is 17.6 Å². The number of nitrogens with one attached hydrogen (secondary N) is 2. The van der Waals surface area contributed by atoms with E-state index in [4.69, 9.17) is 11.6 Å². The summed E-state index contributed by atoms with van der Waals surface area (Å²) in [5.74, 6) is -2.64. The minimum Gasteiger partial charge on any atom is -0.345 e. The van der Waals surface area contributed by atoms with Crippen LogP contribution in [0, 0.1) is 0 Å². The molecule has 2 aromatic carbocycles. The Morgan fingerprint density at radius 1 is 1.25 bits per heavy atom. The predicted octanol–water partition coefficient (Wildman–Crippen LogP) is 3.88. The van der Waals surface area contributed by atoms with E-state index >= 15 is 0 Å². The van der Waals surface area contributed by atoms with Gasteiger partial charge in [0, 0.05) is 40.3 Å². The van der Waals surface area contributed by atoms with Crippen molar-refractivity contribution in [3.63, 3.8) is 0 Å². The van der Waals surface area contributed by atoms with Gasteiger partial charge in [0.2, 0.25) is 11.8 Å². The molecule has 0 fully saturated rings. The Hall–Kier alpha value is -3.60. The average Bonchev–Trinajstić information content (AvgIpc) is 3.40. The third-order valence-electron chi connectivity index (χ3n) is 5.89. The van der Waals surface area contributed by atoms with Gasteiger partial charge in [0.25, 0.3) is 5.91 Å². The van der Waals surface area contributed by atoms with E-state index in [1.165, 1.54) is 0 Å². The monoisotopic (exact) mass is 521 g/mol. The van der Waals surface area contributed by atoms with E-state index in [0.29, 0.717) is 29.8 Å². The van der Waals surface area contributed by atoms with Crippen molar-refractivity contribution >= 4 is 45.9 Å². The zero-order valence-corrected chi connectivity index (χ0v) is 20.0. The summed E-state index contributed by atoms with van der Waals surface area (Å²) in [4.78, 5) is 41.6. The highest BCUT2D eigenvalue weighted by atomic mass is 35.5. The van der Waals surface area contributed by atoms with Crippen molar-refractivity contribution in [3.05, 3.63) is 58.7 Å². The molecule has 8 nitrogen and oxygen atoms in total. The maximum atomic E-state index is 13.4. The van der Waals surface area contributed by atoms with Crippen LogP contribution in [0.4, 0.5) is 18.9 Å². The second-order valence-corrected chi connectivity index (χ2v) is 8.87. The number of nitrogens with zero attached hydrogens (tertiary/aromatic N) is 3. The molecule has 0 aliphatic carbocycles. The SMILES string of the molecule is CCCN(CC1C(=O)N(CC(=O)NCC(F)(F)F)c2cccc(Cl)c21)C(=O)c1ccc2[nH]ncc2c1. The fourth-order valence-electron chi connectivity index (χ4n) is 4.29. The van der Waals surface area contributed by atoms with Gasteiger partial charge >= 0.3 is 6.18 Å². The van der Waals surface area contributed by atoms with Gasteiger partial charge in [0.1, 0.15) is 13.1 Å². The lowest BCUT2D eigenvalue weighted by Crippen LogP contribution is -2.44. The van der Waals surface area contributed by atoms with Gasteiger partial charge < -0.3 is 15.1 Å². The van der Waals surface area contributed by atoms with Gasteiger partial charge in [-0.2, -0.15) is 18.3 Å². The number of anilines is 1. The standard InChI is InChI=1S/C24H23ClF3N5O3/c1-2-8-32(22(35)14-6-7-18-15(9-14)10-30-31-18)11-16-21-17(25)4-3-5-19(21)33(23(16)36)12-20(34)29-13-24(26,27)28/h3-7,9-10,16H,2,8,11-13H2,1H3,(H,29,34)(H,30,31). The quantitative estimate of drug-likeness (QED) is 0.470. The van der Waals surface area contributed by atoms with E-state index in [1.54, 1.807) is 52.8 Å². The molecule has 190 valence electrons. The van der Waals surface area contributed by atoms with Crippen LogP contribution < -0.4 is 10.2 Å². The third-order valence-corrected chi connectivity index (χ3v) is 6.22. The Morgan fingerprint density at radius 3 is 2.75 bits per heavy atom. The summed E-state index contributed by atoms with van der Waals surface area (Å²) in [5.41, 5.74) is 1.97. The minimum absolute atomic E-state index is 0.00760. The van der Waals surface area contributed by atoms with Crippen molar-refractivity contribution < 1.29 is 27.6 Å². The molecule has 1 atom stereocenters. The Balaban J connectivity index is 1.59. The first kappa shape index (κ1) is 25.5. The zero-order valence-electron chi connectivity index (χ0n) is 19.2. The van der Waals surface area contributed by atoms with Crippen molar-refractivity contribution in [2.45, 2.75) is 25.4 Å². The number of hydrogen-bond donors (Lipinski definition) is 2. The fourth-order valence-corrected chi connectivity index (χ4v) is 4.59. The number of hydrogen-bond acceptors (Lipinski definition) is 4. The summed E-state index contributed by atoms with van der Waals surface area (Å²) in [7, 11) is 0. The number of alkyl halides is 3. The normalized spacial score (nSPS) is 15.3. The number of carbonyl (C=O) groups is 3. The third kappa shape index (κ3) is 5.30. The molecular weight excluding hydrogens is 499 g/mol. The second kappa shape index (κ2) is 10.2. The van der Waals surface area contributed by atoms with Gasteiger partial charge in [0.15, 0.2) is 0 Å². The number of amides is 3. The number of H-pyrrole nitrogens is 1. The number of aromatic nitrogens is 2. The number of carbonyl (C=O) groups excluding carboxylic acids is 3. The average molecular weight is 522 g/mol. The molecule has 0 spiro atoms. The summed E-state index contributed by atoms with van der Waals surface area (Å²) >= 11 is 6.42. The van der Waals surface area contributed by atoms with Crippen LogP contribution >= 0.6 is 11.6 Å². The Bertz CT molecular complexity index is 1310. The van der Waals surface area contributed by atoms with E-state index in [1.807, 2.05) is 6.92 Å². The zero-order chi connectivity index (χ0) is 26.0. The molecule has 1 aliphatic heterocycles. The topological polar surface area (TPSA) is 98.4 Å². The number of benzene rings is 2. The molecule has 3 amide bonds. The Labute approximate surface area is 209 Å². The Morgan fingerprint density at radius 2 is 2.03 bits per heavy atom. The van der Waals surface area contributed by atoms with Crippen LogP contribution in [-0.4, -0.2) is 65.2 Å². The predicted molar refractivity (Wildman–Crippen MR) is 128 cm³/mol. The molecule has 0 saturated heterocycles. The first-order valence-corrected chi connectivity index (χ1v) is 11.6. The highest BCUT2D eigenvalue weighted by Crippen LogP contribution is 2.42. The highest BCUT2D eigenvalue weighted by molar-refractivity contribution is 6.33. The molecule has 1 unspecified atom stereocenters. The van der Waals surface area contributed by atoms with Gasteiger partial charge in [-0.05, 0) is 36.8 Å². The van der Waals surface area contributed by atoms with Gasteiger partial charge in [-0.1, -0.05) is 24.6 Å². The molecule has 2 heterocycles. The molecule has 1 aromatic heterocycles. The number of halogens is 4. The molecule has 0 radical (unpaired) electrons. The molecule has 0 bridgehead atoms. The van der Waals surface area contributed by atoms with E-state index < -0.39 is 37.0 Å². The summed E-state index contributed by atoms with van der Waals surface area (Å²) in [6.07, 6.45) is -2.34. The van der Waals surface area contributed by atoms with Crippen LogP contribution in [0.3, 0.4) is 0 Å². The van der Waals surface area contributed by atoms with Crippen molar-refractivity contribution in [2.24, 2.45) is 0 Å². The van der Waals surface area contributed by atoms with Gasteiger partial charge in [-0.3, -0.25) is 19.5 Å². The first-order chi connectivity index (χ1) is 17.1. The van der Waals surface area contributed by atoms with E-state index in [2.05, 4.69) is 10.2 Å². The van der Waals surface area contributed by atoms with Crippen LogP contribution in [0.25, 0.3) is 10.9 Å². The molecule has 2 N–H and O–H groups in total. The van der Waals surface area contributed by atoms with E-state index in [0.717, 1.165) is 15.8 Å². The summed E-state index contributed by atoms with van der Waals surface area (Å²) < 4.78 is 37.5. The van der Waals surface area contributed by atoms with Crippen LogP contribution in [0.15, 0.2) is 42.6 Å². The fraction of sp³-hybridized carbons (Fsp3) is 0.333. The molecule has 4 rings (SSSR count). The van der Waals surface area contributed by atoms with Crippen LogP contribution in [0.1, 0.15) is 35.2 Å². The van der Waals surface area contributed by atoms with Crippen LogP contribution in [-0.2, 0) is 9.59 Å². The molecule has 1 aliphatic rings.